The number of rotatable bonds is 2. The average molecular weight is 362 g/mol. The molecule has 0 aromatic heterocycles. The normalized spacial score (nSPS) is 24.0. The number of benzene rings is 1. The topological polar surface area (TPSA) is 26.3 Å². The van der Waals surface area contributed by atoms with Crippen molar-refractivity contribution in [1.82, 2.24) is 0 Å². The fourth-order valence-corrected chi connectivity index (χ4v) is 3.02. The van der Waals surface area contributed by atoms with Gasteiger partial charge in [0, 0.05) is 21.1 Å². The summed E-state index contributed by atoms with van der Waals surface area (Å²) in [4.78, 5) is 12.4. The molecule has 4 heteroatoms. The SMILES string of the molecule is Cc1cc(Br)c(C(=O)C2OCCC2C)cc1Br. The van der Waals surface area contributed by atoms with Gasteiger partial charge >= 0.3 is 0 Å². The minimum Gasteiger partial charge on any atom is -0.370 e. The lowest BCUT2D eigenvalue weighted by atomic mass is 9.96. The fourth-order valence-electron chi connectivity index (χ4n) is 2.02. The van der Waals surface area contributed by atoms with Crippen LogP contribution in [0.15, 0.2) is 21.1 Å². The Bertz CT molecular complexity index is 457. The van der Waals surface area contributed by atoms with E-state index in [-0.39, 0.29) is 11.9 Å². The Kier molecular flexibility index (Phi) is 4.06. The van der Waals surface area contributed by atoms with E-state index in [0.29, 0.717) is 18.1 Å². The van der Waals surface area contributed by atoms with Crippen LogP contribution in [0.2, 0.25) is 0 Å². The van der Waals surface area contributed by atoms with Crippen molar-refractivity contribution in [2.24, 2.45) is 5.92 Å². The van der Waals surface area contributed by atoms with Gasteiger partial charge in [0.05, 0.1) is 0 Å². The zero-order chi connectivity index (χ0) is 12.6. The van der Waals surface area contributed by atoms with Crippen LogP contribution in [0.4, 0.5) is 0 Å². The van der Waals surface area contributed by atoms with Crippen LogP contribution < -0.4 is 0 Å². The van der Waals surface area contributed by atoms with E-state index in [1.165, 1.54) is 0 Å². The van der Waals surface area contributed by atoms with Crippen molar-refractivity contribution < 1.29 is 9.53 Å². The summed E-state index contributed by atoms with van der Waals surface area (Å²) in [7, 11) is 0. The summed E-state index contributed by atoms with van der Waals surface area (Å²) in [5.74, 6) is 0.372. The Morgan fingerprint density at radius 2 is 2.06 bits per heavy atom. The van der Waals surface area contributed by atoms with Gasteiger partial charge in [-0.2, -0.15) is 0 Å². The van der Waals surface area contributed by atoms with Crippen LogP contribution in [0.1, 0.15) is 29.3 Å². The van der Waals surface area contributed by atoms with Gasteiger partial charge in [0.25, 0.3) is 0 Å². The number of hydrogen-bond donors (Lipinski definition) is 0. The predicted molar refractivity (Wildman–Crippen MR) is 74.4 cm³/mol. The molecule has 0 saturated carbocycles. The summed E-state index contributed by atoms with van der Waals surface area (Å²) in [5, 5.41) is 0. The Morgan fingerprint density at radius 3 is 2.65 bits per heavy atom. The maximum atomic E-state index is 12.4. The highest BCUT2D eigenvalue weighted by atomic mass is 79.9. The molecule has 1 saturated heterocycles. The molecule has 0 amide bonds. The Hall–Kier alpha value is -0.190. The van der Waals surface area contributed by atoms with E-state index >= 15 is 0 Å². The summed E-state index contributed by atoms with van der Waals surface area (Å²) in [6.07, 6.45) is 0.669. The highest BCUT2D eigenvalue weighted by molar-refractivity contribution is 9.11. The molecule has 1 aromatic carbocycles. The molecule has 2 unspecified atom stereocenters. The van der Waals surface area contributed by atoms with Crippen LogP contribution >= 0.6 is 31.9 Å². The van der Waals surface area contributed by atoms with Crippen molar-refractivity contribution in [3.8, 4) is 0 Å². The first kappa shape index (κ1) is 13.2. The molecule has 17 heavy (non-hydrogen) atoms. The molecule has 1 aliphatic rings. The van der Waals surface area contributed by atoms with Crippen molar-refractivity contribution >= 4 is 37.6 Å². The quantitative estimate of drug-likeness (QED) is 0.740. The summed E-state index contributed by atoms with van der Waals surface area (Å²) >= 11 is 6.91. The third kappa shape index (κ3) is 2.64. The first-order valence-corrected chi connectivity index (χ1v) is 7.20. The van der Waals surface area contributed by atoms with Crippen molar-refractivity contribution in [2.75, 3.05) is 6.61 Å². The molecule has 92 valence electrons. The molecule has 0 bridgehead atoms. The monoisotopic (exact) mass is 360 g/mol. The Labute approximate surface area is 118 Å². The number of ketones is 1. The number of carbonyl (C=O) groups is 1. The molecule has 2 rings (SSSR count). The standard InChI is InChI=1S/C13H14Br2O2/c1-7-3-4-17-13(7)12(16)9-6-10(14)8(2)5-11(9)15/h5-7,13H,3-4H2,1-2H3. The first-order chi connectivity index (χ1) is 8.00. The van der Waals surface area contributed by atoms with Crippen LogP contribution in [-0.2, 0) is 4.74 Å². The van der Waals surface area contributed by atoms with Crippen molar-refractivity contribution in [3.63, 3.8) is 0 Å². The zero-order valence-electron chi connectivity index (χ0n) is 9.80. The number of aryl methyl sites for hydroxylation is 1. The zero-order valence-corrected chi connectivity index (χ0v) is 13.0. The van der Waals surface area contributed by atoms with Gasteiger partial charge in [-0.1, -0.05) is 38.8 Å². The van der Waals surface area contributed by atoms with Crippen LogP contribution in [0.25, 0.3) is 0 Å². The largest absolute Gasteiger partial charge is 0.370 e. The van der Waals surface area contributed by atoms with E-state index in [1.54, 1.807) is 0 Å². The maximum Gasteiger partial charge on any atom is 0.192 e. The minimum absolute atomic E-state index is 0.0718. The third-order valence-corrected chi connectivity index (χ3v) is 4.67. The van der Waals surface area contributed by atoms with E-state index in [9.17, 15) is 4.79 Å². The molecular weight excluding hydrogens is 348 g/mol. The number of hydrogen-bond acceptors (Lipinski definition) is 2. The molecule has 0 N–H and O–H groups in total. The second-order valence-electron chi connectivity index (χ2n) is 4.50. The van der Waals surface area contributed by atoms with Gasteiger partial charge in [0.2, 0.25) is 0 Å². The lowest BCUT2D eigenvalue weighted by Gasteiger charge is -2.15. The number of Topliss-reactive ketones (excluding diaryl/α,β-unsaturated/α-hetero) is 1. The number of halogens is 2. The van der Waals surface area contributed by atoms with Gasteiger partial charge < -0.3 is 4.74 Å². The molecule has 1 fully saturated rings. The number of carbonyl (C=O) groups excluding carboxylic acids is 1. The van der Waals surface area contributed by atoms with Gasteiger partial charge in [-0.3, -0.25) is 4.79 Å². The lowest BCUT2D eigenvalue weighted by molar-refractivity contribution is 0.0578. The van der Waals surface area contributed by atoms with Gasteiger partial charge in [0.1, 0.15) is 6.10 Å². The Morgan fingerprint density at radius 1 is 1.35 bits per heavy atom. The van der Waals surface area contributed by atoms with E-state index in [1.807, 2.05) is 19.1 Å². The van der Waals surface area contributed by atoms with Crippen LogP contribution in [0.3, 0.4) is 0 Å². The van der Waals surface area contributed by atoms with Crippen LogP contribution in [-0.4, -0.2) is 18.5 Å². The second kappa shape index (κ2) is 5.21. The van der Waals surface area contributed by atoms with Crippen molar-refractivity contribution in [2.45, 2.75) is 26.4 Å². The highest BCUT2D eigenvalue weighted by Gasteiger charge is 2.32. The molecule has 0 radical (unpaired) electrons. The molecule has 0 aliphatic carbocycles. The predicted octanol–water partition coefficient (Wildman–Crippen LogP) is 4.13. The van der Waals surface area contributed by atoms with Crippen molar-refractivity contribution in [3.05, 3.63) is 32.2 Å². The second-order valence-corrected chi connectivity index (χ2v) is 6.21. The Balaban J connectivity index is 2.34. The summed E-state index contributed by atoms with van der Waals surface area (Å²) in [5.41, 5.74) is 1.80. The van der Waals surface area contributed by atoms with E-state index < -0.39 is 0 Å². The molecule has 2 atom stereocenters. The maximum absolute atomic E-state index is 12.4. The first-order valence-electron chi connectivity index (χ1n) is 5.62. The van der Waals surface area contributed by atoms with Gasteiger partial charge in [-0.15, -0.1) is 0 Å². The molecule has 1 heterocycles. The minimum atomic E-state index is -0.291. The molecule has 1 aromatic rings. The van der Waals surface area contributed by atoms with Crippen LogP contribution in [0.5, 0.6) is 0 Å². The third-order valence-electron chi connectivity index (χ3n) is 3.16. The van der Waals surface area contributed by atoms with Gasteiger partial charge in [0.15, 0.2) is 5.78 Å². The summed E-state index contributed by atoms with van der Waals surface area (Å²) in [6, 6.07) is 3.83. The van der Waals surface area contributed by atoms with Gasteiger partial charge in [-0.05, 0) is 37.0 Å². The molecule has 2 nitrogen and oxygen atoms in total. The molecular formula is C13H14Br2O2. The highest BCUT2D eigenvalue weighted by Crippen LogP contribution is 2.30. The van der Waals surface area contributed by atoms with Crippen molar-refractivity contribution in [1.29, 1.82) is 0 Å². The van der Waals surface area contributed by atoms with Gasteiger partial charge in [-0.25, -0.2) is 0 Å². The van der Waals surface area contributed by atoms with Crippen LogP contribution in [0, 0.1) is 12.8 Å². The average Bonchev–Trinajstić information content (AvgIpc) is 2.69. The smallest absolute Gasteiger partial charge is 0.192 e. The van der Waals surface area contributed by atoms with E-state index in [2.05, 4.69) is 38.8 Å². The van der Waals surface area contributed by atoms with E-state index in [0.717, 1.165) is 20.9 Å². The fraction of sp³-hybridized carbons (Fsp3) is 0.462. The van der Waals surface area contributed by atoms with E-state index in [4.69, 9.17) is 4.74 Å². The lowest BCUT2D eigenvalue weighted by Crippen LogP contribution is -2.25. The molecule has 1 aliphatic heterocycles. The summed E-state index contributed by atoms with van der Waals surface area (Å²) in [6.45, 7) is 4.74. The number of ether oxygens (including phenoxy) is 1. The summed E-state index contributed by atoms with van der Waals surface area (Å²) < 4.78 is 7.31. The molecule has 0 spiro atoms.